The maximum absolute atomic E-state index is 12.4. The molecule has 0 saturated heterocycles. The highest BCUT2D eigenvalue weighted by atomic mass is 32.2. The predicted octanol–water partition coefficient (Wildman–Crippen LogP) is 2.50. The SMILES string of the molecule is CCCNS(=O)(=O)c1ccc(CCC(=O)Nc2cc(S(=O)(=O)N(C)C)ccc2C)cc1. The van der Waals surface area contributed by atoms with Crippen molar-refractivity contribution in [3.05, 3.63) is 53.6 Å². The fourth-order valence-corrected chi connectivity index (χ4v) is 4.79. The largest absolute Gasteiger partial charge is 0.326 e. The molecule has 0 radical (unpaired) electrons. The standard InChI is InChI=1S/C21H29N3O5S2/c1-5-14-22-30(26,27)18-11-7-17(8-12-18)9-13-21(25)23-20-15-19(10-6-16(20)2)31(28,29)24(3)4/h6-8,10-12,15,22H,5,9,13-14H2,1-4H3,(H,23,25). The van der Waals surface area contributed by atoms with Gasteiger partial charge in [0.25, 0.3) is 0 Å². The Kier molecular flexibility index (Phi) is 8.35. The van der Waals surface area contributed by atoms with E-state index in [9.17, 15) is 21.6 Å². The Morgan fingerprint density at radius 2 is 1.58 bits per heavy atom. The molecule has 0 unspecified atom stereocenters. The summed E-state index contributed by atoms with van der Waals surface area (Å²) >= 11 is 0. The lowest BCUT2D eigenvalue weighted by Gasteiger charge is -2.14. The van der Waals surface area contributed by atoms with E-state index in [2.05, 4.69) is 10.0 Å². The van der Waals surface area contributed by atoms with Crippen LogP contribution in [0.1, 0.15) is 30.9 Å². The number of carbonyl (C=O) groups is 1. The van der Waals surface area contributed by atoms with Crippen LogP contribution >= 0.6 is 0 Å². The zero-order valence-electron chi connectivity index (χ0n) is 18.2. The predicted molar refractivity (Wildman–Crippen MR) is 121 cm³/mol. The highest BCUT2D eigenvalue weighted by molar-refractivity contribution is 7.89. The third-order valence-electron chi connectivity index (χ3n) is 4.68. The molecule has 0 atom stereocenters. The van der Waals surface area contributed by atoms with Gasteiger partial charge in [-0.25, -0.2) is 25.9 Å². The molecule has 2 rings (SSSR count). The van der Waals surface area contributed by atoms with Crippen molar-refractivity contribution in [2.45, 2.75) is 42.9 Å². The maximum atomic E-state index is 12.4. The van der Waals surface area contributed by atoms with Crippen molar-refractivity contribution in [1.82, 2.24) is 9.03 Å². The first-order chi connectivity index (χ1) is 14.5. The number of hydrogen-bond donors (Lipinski definition) is 2. The van der Waals surface area contributed by atoms with Crippen LogP contribution in [0, 0.1) is 6.92 Å². The first-order valence-corrected chi connectivity index (χ1v) is 12.8. The summed E-state index contributed by atoms with van der Waals surface area (Å²) in [5.41, 5.74) is 2.02. The molecule has 1 amide bonds. The second-order valence-electron chi connectivity index (χ2n) is 7.35. The molecule has 170 valence electrons. The molecule has 31 heavy (non-hydrogen) atoms. The second-order valence-corrected chi connectivity index (χ2v) is 11.3. The van der Waals surface area contributed by atoms with E-state index in [4.69, 9.17) is 0 Å². The van der Waals surface area contributed by atoms with Crippen LogP contribution in [0.15, 0.2) is 52.3 Å². The Hall–Kier alpha value is -2.27. The molecule has 2 aromatic carbocycles. The number of rotatable bonds is 10. The summed E-state index contributed by atoms with van der Waals surface area (Å²) in [5.74, 6) is -0.260. The second kappa shape index (κ2) is 10.4. The van der Waals surface area contributed by atoms with Crippen LogP contribution in [0.3, 0.4) is 0 Å². The average molecular weight is 468 g/mol. The molecule has 0 aromatic heterocycles. The summed E-state index contributed by atoms with van der Waals surface area (Å²) in [4.78, 5) is 12.7. The van der Waals surface area contributed by atoms with Gasteiger partial charge in [-0.3, -0.25) is 4.79 Å². The number of anilines is 1. The van der Waals surface area contributed by atoms with Crippen molar-refractivity contribution in [3.63, 3.8) is 0 Å². The van der Waals surface area contributed by atoms with Crippen LogP contribution in [0.4, 0.5) is 5.69 Å². The highest BCUT2D eigenvalue weighted by Crippen LogP contribution is 2.22. The topological polar surface area (TPSA) is 113 Å². The van der Waals surface area contributed by atoms with Crippen LogP contribution in [0.25, 0.3) is 0 Å². The molecule has 0 aliphatic heterocycles. The molecule has 0 saturated carbocycles. The van der Waals surface area contributed by atoms with Gasteiger partial charge in [0.15, 0.2) is 0 Å². The fourth-order valence-electron chi connectivity index (χ4n) is 2.73. The summed E-state index contributed by atoms with van der Waals surface area (Å²) in [6, 6.07) is 11.0. The molecule has 0 bridgehead atoms. The smallest absolute Gasteiger partial charge is 0.242 e. The highest BCUT2D eigenvalue weighted by Gasteiger charge is 2.19. The van der Waals surface area contributed by atoms with Gasteiger partial charge >= 0.3 is 0 Å². The Balaban J connectivity index is 2.03. The van der Waals surface area contributed by atoms with E-state index >= 15 is 0 Å². The molecule has 0 aliphatic rings. The minimum absolute atomic E-state index is 0.104. The summed E-state index contributed by atoms with van der Waals surface area (Å²) in [5, 5.41) is 2.76. The number of carbonyl (C=O) groups excluding carboxylic acids is 1. The van der Waals surface area contributed by atoms with E-state index in [0.29, 0.717) is 25.1 Å². The minimum atomic E-state index is -3.60. The summed E-state index contributed by atoms with van der Waals surface area (Å²) in [6.45, 7) is 4.05. The van der Waals surface area contributed by atoms with Gasteiger partial charge < -0.3 is 5.32 Å². The molecular weight excluding hydrogens is 438 g/mol. The number of amides is 1. The van der Waals surface area contributed by atoms with E-state index in [1.54, 1.807) is 25.1 Å². The van der Waals surface area contributed by atoms with Gasteiger partial charge in [-0.05, 0) is 55.2 Å². The van der Waals surface area contributed by atoms with E-state index in [0.717, 1.165) is 15.4 Å². The van der Waals surface area contributed by atoms with E-state index in [1.807, 2.05) is 6.92 Å². The number of sulfonamides is 2. The molecule has 0 spiro atoms. The third kappa shape index (κ3) is 6.60. The van der Waals surface area contributed by atoms with Gasteiger partial charge in [0.2, 0.25) is 26.0 Å². The number of nitrogens with zero attached hydrogens (tertiary/aromatic N) is 1. The monoisotopic (exact) mass is 467 g/mol. The number of benzene rings is 2. The van der Waals surface area contributed by atoms with Gasteiger partial charge in [-0.15, -0.1) is 0 Å². The Bertz CT molecular complexity index is 1130. The van der Waals surface area contributed by atoms with Crippen molar-refractivity contribution in [3.8, 4) is 0 Å². The van der Waals surface area contributed by atoms with Gasteiger partial charge in [0.1, 0.15) is 0 Å². The quantitative estimate of drug-likeness (QED) is 0.557. The normalized spacial score (nSPS) is 12.2. The molecule has 0 aliphatic carbocycles. The zero-order valence-corrected chi connectivity index (χ0v) is 19.8. The Labute approximate surface area is 184 Å². The molecular formula is C21H29N3O5S2. The number of nitrogens with one attached hydrogen (secondary N) is 2. The van der Waals surface area contributed by atoms with Gasteiger partial charge in [-0.2, -0.15) is 0 Å². The zero-order chi connectivity index (χ0) is 23.2. The molecule has 0 heterocycles. The third-order valence-corrected chi connectivity index (χ3v) is 7.97. The van der Waals surface area contributed by atoms with Crippen molar-refractivity contribution in [2.24, 2.45) is 0 Å². The lowest BCUT2D eigenvalue weighted by Crippen LogP contribution is -2.24. The summed E-state index contributed by atoms with van der Waals surface area (Å²) in [6.07, 6.45) is 1.30. The van der Waals surface area contributed by atoms with Crippen LogP contribution in [-0.2, 0) is 31.3 Å². The molecule has 2 N–H and O–H groups in total. The average Bonchev–Trinajstić information content (AvgIpc) is 2.72. The van der Waals surface area contributed by atoms with Crippen molar-refractivity contribution >= 4 is 31.6 Å². The van der Waals surface area contributed by atoms with Gasteiger partial charge in [-0.1, -0.05) is 25.1 Å². The van der Waals surface area contributed by atoms with Crippen LogP contribution < -0.4 is 10.0 Å². The molecule has 0 fully saturated rings. The van der Waals surface area contributed by atoms with E-state index < -0.39 is 20.0 Å². The van der Waals surface area contributed by atoms with Crippen LogP contribution in [0.2, 0.25) is 0 Å². The van der Waals surface area contributed by atoms with E-state index in [-0.39, 0.29) is 22.1 Å². The number of hydrogen-bond acceptors (Lipinski definition) is 5. The lowest BCUT2D eigenvalue weighted by atomic mass is 10.1. The van der Waals surface area contributed by atoms with Crippen LogP contribution in [-0.4, -0.2) is 47.7 Å². The molecule has 10 heteroatoms. The van der Waals surface area contributed by atoms with Crippen molar-refractivity contribution < 1.29 is 21.6 Å². The van der Waals surface area contributed by atoms with E-state index in [1.165, 1.54) is 38.4 Å². The summed E-state index contributed by atoms with van der Waals surface area (Å²) < 4.78 is 52.5. The Morgan fingerprint density at radius 3 is 2.16 bits per heavy atom. The van der Waals surface area contributed by atoms with Crippen molar-refractivity contribution in [2.75, 3.05) is 26.0 Å². The first-order valence-electron chi connectivity index (χ1n) is 9.89. The maximum Gasteiger partial charge on any atom is 0.242 e. The summed E-state index contributed by atoms with van der Waals surface area (Å²) in [7, 11) is -4.23. The molecule has 2 aromatic rings. The number of aryl methyl sites for hydroxylation is 2. The Morgan fingerprint density at radius 1 is 0.968 bits per heavy atom. The van der Waals surface area contributed by atoms with Crippen LogP contribution in [0.5, 0.6) is 0 Å². The molecule has 8 nitrogen and oxygen atoms in total. The van der Waals surface area contributed by atoms with Gasteiger partial charge in [0.05, 0.1) is 9.79 Å². The lowest BCUT2D eigenvalue weighted by molar-refractivity contribution is -0.116. The van der Waals surface area contributed by atoms with Gasteiger partial charge in [0, 0.05) is 32.7 Å². The minimum Gasteiger partial charge on any atom is -0.326 e. The first kappa shape index (κ1) is 25.0. The van der Waals surface area contributed by atoms with Crippen molar-refractivity contribution in [1.29, 1.82) is 0 Å². The fraction of sp³-hybridized carbons (Fsp3) is 0.381.